The first-order chi connectivity index (χ1) is 14.2. The summed E-state index contributed by atoms with van der Waals surface area (Å²) in [6, 6.07) is 8.99. The van der Waals surface area contributed by atoms with Gasteiger partial charge in [-0.15, -0.1) is 0 Å². The molecular formula is C19H12Cl2F3N5O. The number of aromatic nitrogens is 4. The van der Waals surface area contributed by atoms with Gasteiger partial charge in [-0.3, -0.25) is 4.79 Å². The topological polar surface area (TPSA) is 64.2 Å². The molecule has 0 atom stereocenters. The van der Waals surface area contributed by atoms with E-state index in [1.807, 2.05) is 0 Å². The van der Waals surface area contributed by atoms with E-state index in [2.05, 4.69) is 15.4 Å². The van der Waals surface area contributed by atoms with Gasteiger partial charge in [0.2, 0.25) is 0 Å². The molecule has 0 radical (unpaired) electrons. The number of carbonyl (C=O) groups excluding carboxylic acids is 1. The van der Waals surface area contributed by atoms with E-state index >= 15 is 0 Å². The molecule has 4 rings (SSSR count). The van der Waals surface area contributed by atoms with E-state index in [0.717, 1.165) is 6.20 Å². The number of nitrogens with one attached hydrogen (secondary N) is 1. The molecule has 0 unspecified atom stereocenters. The van der Waals surface area contributed by atoms with Crippen LogP contribution < -0.4 is 5.32 Å². The van der Waals surface area contributed by atoms with Gasteiger partial charge in [0.25, 0.3) is 5.91 Å². The lowest BCUT2D eigenvalue weighted by Gasteiger charge is -2.12. The third-order valence-electron chi connectivity index (χ3n) is 4.25. The van der Waals surface area contributed by atoms with Gasteiger partial charge in [0.05, 0.1) is 34.7 Å². The standard InChI is InChI=1S/C19H12Cl2F3N5O/c20-11-1-4-14(5-2-11)29-17(19(22,23)24)15(8-26-29)18(30)25-7-13-10-28-9-12(21)3-6-16(28)27-13/h1-6,8-10H,7H2,(H,25,30). The molecule has 3 aromatic heterocycles. The number of rotatable bonds is 4. The zero-order chi connectivity index (χ0) is 21.5. The lowest BCUT2D eigenvalue weighted by atomic mass is 10.2. The monoisotopic (exact) mass is 453 g/mol. The number of alkyl halides is 3. The number of hydrogen-bond acceptors (Lipinski definition) is 3. The molecule has 154 valence electrons. The van der Waals surface area contributed by atoms with Crippen LogP contribution in [0.3, 0.4) is 0 Å². The normalized spacial score (nSPS) is 11.8. The molecule has 11 heteroatoms. The average molecular weight is 454 g/mol. The average Bonchev–Trinajstić information content (AvgIpc) is 3.30. The highest BCUT2D eigenvalue weighted by Gasteiger charge is 2.40. The molecule has 0 aliphatic rings. The van der Waals surface area contributed by atoms with Gasteiger partial charge in [-0.1, -0.05) is 23.2 Å². The summed E-state index contributed by atoms with van der Waals surface area (Å²) < 4.78 is 43.5. The van der Waals surface area contributed by atoms with E-state index in [0.29, 0.717) is 26.1 Å². The summed E-state index contributed by atoms with van der Waals surface area (Å²) in [4.78, 5) is 16.8. The van der Waals surface area contributed by atoms with Crippen LogP contribution in [-0.2, 0) is 12.7 Å². The first-order valence-corrected chi connectivity index (χ1v) is 9.30. The summed E-state index contributed by atoms with van der Waals surface area (Å²) in [7, 11) is 0. The van der Waals surface area contributed by atoms with Crippen LogP contribution in [0, 0.1) is 0 Å². The molecule has 0 spiro atoms. The molecule has 0 saturated carbocycles. The fraction of sp³-hybridized carbons (Fsp3) is 0.105. The number of halogens is 5. The van der Waals surface area contributed by atoms with E-state index < -0.39 is 23.3 Å². The highest BCUT2D eigenvalue weighted by atomic mass is 35.5. The maximum atomic E-state index is 13.7. The van der Waals surface area contributed by atoms with Crippen LogP contribution in [-0.4, -0.2) is 25.1 Å². The number of imidazole rings is 1. The Bertz CT molecular complexity index is 1230. The van der Waals surface area contributed by atoms with Gasteiger partial charge in [-0.2, -0.15) is 18.3 Å². The van der Waals surface area contributed by atoms with Crippen LogP contribution in [0.25, 0.3) is 11.3 Å². The third kappa shape index (κ3) is 3.99. The van der Waals surface area contributed by atoms with Crippen molar-refractivity contribution in [2.45, 2.75) is 12.7 Å². The first-order valence-electron chi connectivity index (χ1n) is 8.55. The lowest BCUT2D eigenvalue weighted by Crippen LogP contribution is -2.26. The Morgan fingerprint density at radius 2 is 1.73 bits per heavy atom. The Labute approximate surface area is 177 Å². The Morgan fingerprint density at radius 3 is 2.43 bits per heavy atom. The van der Waals surface area contributed by atoms with E-state index in [1.54, 1.807) is 28.9 Å². The van der Waals surface area contributed by atoms with Crippen molar-refractivity contribution in [3.8, 4) is 5.69 Å². The van der Waals surface area contributed by atoms with Crippen LogP contribution in [0.15, 0.2) is 55.0 Å². The van der Waals surface area contributed by atoms with Crippen LogP contribution in [0.5, 0.6) is 0 Å². The van der Waals surface area contributed by atoms with Crippen molar-refractivity contribution in [1.82, 2.24) is 24.5 Å². The summed E-state index contributed by atoms with van der Waals surface area (Å²) in [5.74, 6) is -0.919. The minimum atomic E-state index is -4.80. The quantitative estimate of drug-likeness (QED) is 0.483. The Morgan fingerprint density at radius 1 is 1.03 bits per heavy atom. The Balaban J connectivity index is 1.60. The maximum Gasteiger partial charge on any atom is 0.434 e. The molecule has 3 heterocycles. The van der Waals surface area contributed by atoms with Crippen LogP contribution in [0.4, 0.5) is 13.2 Å². The zero-order valence-electron chi connectivity index (χ0n) is 15.0. The van der Waals surface area contributed by atoms with Crippen molar-refractivity contribution in [1.29, 1.82) is 0 Å². The van der Waals surface area contributed by atoms with Gasteiger partial charge in [0.15, 0.2) is 5.69 Å². The summed E-state index contributed by atoms with van der Waals surface area (Å²) in [5, 5.41) is 7.08. The molecular weight excluding hydrogens is 442 g/mol. The second kappa shape index (κ2) is 7.66. The van der Waals surface area contributed by atoms with E-state index in [-0.39, 0.29) is 12.2 Å². The fourth-order valence-corrected chi connectivity index (χ4v) is 3.23. The number of benzene rings is 1. The Kier molecular flexibility index (Phi) is 5.17. The van der Waals surface area contributed by atoms with Gasteiger partial charge in [-0.25, -0.2) is 9.67 Å². The smallest absolute Gasteiger partial charge is 0.346 e. The van der Waals surface area contributed by atoms with Crippen molar-refractivity contribution in [3.63, 3.8) is 0 Å². The van der Waals surface area contributed by atoms with Crippen LogP contribution in [0.2, 0.25) is 10.0 Å². The minimum absolute atomic E-state index is 0.0679. The molecule has 30 heavy (non-hydrogen) atoms. The van der Waals surface area contributed by atoms with Crippen molar-refractivity contribution in [2.24, 2.45) is 0 Å². The number of nitrogens with zero attached hydrogens (tertiary/aromatic N) is 4. The van der Waals surface area contributed by atoms with Gasteiger partial charge in [-0.05, 0) is 36.4 Å². The SMILES string of the molecule is O=C(NCc1cn2cc(Cl)ccc2n1)c1cnn(-c2ccc(Cl)cc2)c1C(F)(F)F. The van der Waals surface area contributed by atoms with Crippen LogP contribution in [0.1, 0.15) is 21.7 Å². The zero-order valence-corrected chi connectivity index (χ0v) is 16.5. The van der Waals surface area contributed by atoms with E-state index in [4.69, 9.17) is 23.2 Å². The first kappa shape index (κ1) is 20.2. The predicted molar refractivity (Wildman–Crippen MR) is 105 cm³/mol. The second-order valence-corrected chi connectivity index (χ2v) is 7.19. The summed E-state index contributed by atoms with van der Waals surface area (Å²) in [5.41, 5.74) is -0.587. The number of fused-ring (bicyclic) bond motifs is 1. The minimum Gasteiger partial charge on any atom is -0.346 e. The highest BCUT2D eigenvalue weighted by Crippen LogP contribution is 2.33. The molecule has 0 saturated heterocycles. The molecule has 0 fully saturated rings. The lowest BCUT2D eigenvalue weighted by molar-refractivity contribution is -0.143. The molecule has 1 amide bonds. The van der Waals surface area contributed by atoms with Crippen molar-refractivity contribution in [3.05, 3.63) is 82.0 Å². The summed E-state index contributed by atoms with van der Waals surface area (Å²) >= 11 is 11.7. The van der Waals surface area contributed by atoms with Gasteiger partial charge in [0.1, 0.15) is 5.65 Å². The fourth-order valence-electron chi connectivity index (χ4n) is 2.93. The number of carbonyl (C=O) groups is 1. The molecule has 1 aromatic carbocycles. The molecule has 6 nitrogen and oxygen atoms in total. The molecule has 0 bridgehead atoms. The maximum absolute atomic E-state index is 13.7. The molecule has 1 N–H and O–H groups in total. The van der Waals surface area contributed by atoms with Crippen molar-refractivity contribution < 1.29 is 18.0 Å². The molecule has 0 aliphatic carbocycles. The second-order valence-electron chi connectivity index (χ2n) is 6.32. The van der Waals surface area contributed by atoms with Gasteiger partial charge >= 0.3 is 6.18 Å². The van der Waals surface area contributed by atoms with E-state index in [9.17, 15) is 18.0 Å². The number of hydrogen-bond donors (Lipinski definition) is 1. The predicted octanol–water partition coefficient (Wildman–Crippen LogP) is 4.78. The molecule has 4 aromatic rings. The van der Waals surface area contributed by atoms with Crippen molar-refractivity contribution >= 4 is 34.8 Å². The summed E-state index contributed by atoms with van der Waals surface area (Å²) in [6.07, 6.45) is -0.657. The van der Waals surface area contributed by atoms with E-state index in [1.165, 1.54) is 24.3 Å². The third-order valence-corrected chi connectivity index (χ3v) is 4.72. The summed E-state index contributed by atoms with van der Waals surface area (Å²) in [6.45, 7) is -0.0679. The number of pyridine rings is 1. The largest absolute Gasteiger partial charge is 0.434 e. The van der Waals surface area contributed by atoms with Gasteiger partial charge in [0, 0.05) is 17.4 Å². The molecule has 0 aliphatic heterocycles. The van der Waals surface area contributed by atoms with Gasteiger partial charge < -0.3 is 9.72 Å². The highest BCUT2D eigenvalue weighted by molar-refractivity contribution is 6.30. The van der Waals surface area contributed by atoms with Crippen LogP contribution >= 0.6 is 23.2 Å². The number of amides is 1. The van der Waals surface area contributed by atoms with Crippen molar-refractivity contribution in [2.75, 3.05) is 0 Å². The Hall–Kier alpha value is -3.04.